The van der Waals surface area contributed by atoms with Crippen molar-refractivity contribution in [3.8, 4) is 17.0 Å². The molecule has 7 nitrogen and oxygen atoms in total. The third-order valence-corrected chi connectivity index (χ3v) is 6.43. The summed E-state index contributed by atoms with van der Waals surface area (Å²) in [6, 6.07) is 9.16. The third kappa shape index (κ3) is 4.49. The van der Waals surface area contributed by atoms with Crippen molar-refractivity contribution in [2.75, 3.05) is 19.0 Å². The van der Waals surface area contributed by atoms with Gasteiger partial charge in [-0.3, -0.25) is 9.89 Å². The van der Waals surface area contributed by atoms with E-state index in [4.69, 9.17) is 9.47 Å². The molecule has 0 saturated carbocycles. The van der Waals surface area contributed by atoms with Crippen LogP contribution in [0.3, 0.4) is 0 Å². The third-order valence-electron chi connectivity index (χ3n) is 5.23. The van der Waals surface area contributed by atoms with E-state index < -0.39 is 0 Å². The van der Waals surface area contributed by atoms with Gasteiger partial charge in [0, 0.05) is 10.4 Å². The number of hydrogen-bond donors (Lipinski definition) is 2. The van der Waals surface area contributed by atoms with Crippen LogP contribution in [0.15, 0.2) is 30.3 Å². The zero-order chi connectivity index (χ0) is 21.8. The highest BCUT2D eigenvalue weighted by Gasteiger charge is 2.27. The molecule has 31 heavy (non-hydrogen) atoms. The van der Waals surface area contributed by atoms with E-state index >= 15 is 0 Å². The van der Waals surface area contributed by atoms with Crippen molar-refractivity contribution >= 4 is 28.2 Å². The average molecular weight is 440 g/mol. The summed E-state index contributed by atoms with van der Waals surface area (Å²) in [7, 11) is 1.60. The Hall–Kier alpha value is -3.13. The van der Waals surface area contributed by atoms with E-state index in [9.17, 15) is 9.59 Å². The van der Waals surface area contributed by atoms with Crippen molar-refractivity contribution < 1.29 is 19.1 Å². The molecule has 1 aromatic carbocycles. The average Bonchev–Trinajstić information content (AvgIpc) is 3.42. The number of nitrogens with one attached hydrogen (secondary N) is 2. The zero-order valence-electron chi connectivity index (χ0n) is 17.6. The number of hydrogen-bond acceptors (Lipinski definition) is 6. The summed E-state index contributed by atoms with van der Waals surface area (Å²) in [6.07, 6.45) is 4.64. The van der Waals surface area contributed by atoms with Crippen LogP contribution in [0, 0.1) is 0 Å². The summed E-state index contributed by atoms with van der Waals surface area (Å²) in [5.41, 5.74) is 3.32. The van der Waals surface area contributed by atoms with Gasteiger partial charge in [0.05, 0.1) is 25.0 Å². The number of nitrogens with zero attached hydrogens (tertiary/aromatic N) is 1. The van der Waals surface area contributed by atoms with Gasteiger partial charge in [0.2, 0.25) is 0 Å². The van der Waals surface area contributed by atoms with E-state index in [2.05, 4.69) is 15.5 Å². The van der Waals surface area contributed by atoms with Crippen LogP contribution in [-0.4, -0.2) is 35.8 Å². The summed E-state index contributed by atoms with van der Waals surface area (Å²) in [5.74, 6) is 0.00826. The predicted octanol–water partition coefficient (Wildman–Crippen LogP) is 4.84. The lowest BCUT2D eigenvalue weighted by atomic mass is 9.95. The van der Waals surface area contributed by atoms with Crippen LogP contribution in [0.4, 0.5) is 5.00 Å². The Morgan fingerprint density at radius 3 is 2.87 bits per heavy atom. The second-order valence-corrected chi connectivity index (χ2v) is 8.51. The molecule has 1 aliphatic rings. The summed E-state index contributed by atoms with van der Waals surface area (Å²) in [6.45, 7) is 2.32. The molecule has 0 aliphatic heterocycles. The maximum Gasteiger partial charge on any atom is 0.341 e. The maximum atomic E-state index is 12.9. The van der Waals surface area contributed by atoms with Gasteiger partial charge in [-0.05, 0) is 55.9 Å². The number of esters is 1. The number of fused-ring (bicyclic) bond motifs is 1. The first-order valence-corrected chi connectivity index (χ1v) is 11.2. The second kappa shape index (κ2) is 9.34. The Balaban J connectivity index is 1.58. The lowest BCUT2D eigenvalue weighted by Gasteiger charge is -2.12. The number of carbonyl (C=O) groups is 2. The molecule has 2 heterocycles. The molecular formula is C23H25N3O4S. The van der Waals surface area contributed by atoms with E-state index in [-0.39, 0.29) is 11.9 Å². The fraction of sp³-hybridized carbons (Fsp3) is 0.348. The number of anilines is 1. The van der Waals surface area contributed by atoms with Crippen LogP contribution in [0.2, 0.25) is 0 Å². The number of aromatic nitrogens is 2. The monoisotopic (exact) mass is 439 g/mol. The molecule has 0 bridgehead atoms. The Bertz CT molecular complexity index is 1100. The summed E-state index contributed by atoms with van der Waals surface area (Å²) < 4.78 is 10.7. The molecule has 0 fully saturated rings. The van der Waals surface area contributed by atoms with E-state index in [0.717, 1.165) is 48.1 Å². The Morgan fingerprint density at radius 2 is 2.06 bits per heavy atom. The van der Waals surface area contributed by atoms with Crippen molar-refractivity contribution in [1.29, 1.82) is 0 Å². The Kier molecular flexibility index (Phi) is 6.36. The minimum Gasteiger partial charge on any atom is -0.497 e. The van der Waals surface area contributed by atoms with Crippen molar-refractivity contribution in [3.63, 3.8) is 0 Å². The molecule has 8 heteroatoms. The number of amides is 1. The van der Waals surface area contributed by atoms with Gasteiger partial charge in [-0.15, -0.1) is 11.3 Å². The number of carbonyl (C=O) groups excluding carboxylic acids is 2. The van der Waals surface area contributed by atoms with Gasteiger partial charge in [-0.25, -0.2) is 4.79 Å². The van der Waals surface area contributed by atoms with Crippen molar-refractivity contribution in [1.82, 2.24) is 10.2 Å². The number of benzene rings is 1. The first kappa shape index (κ1) is 21.1. The summed E-state index contributed by atoms with van der Waals surface area (Å²) in [4.78, 5) is 26.8. The van der Waals surface area contributed by atoms with E-state index in [1.165, 1.54) is 11.3 Å². The number of thiophene rings is 1. The van der Waals surface area contributed by atoms with Gasteiger partial charge in [0.25, 0.3) is 5.91 Å². The first-order valence-electron chi connectivity index (χ1n) is 10.4. The largest absolute Gasteiger partial charge is 0.497 e. The molecule has 3 aromatic rings. The van der Waals surface area contributed by atoms with Crippen LogP contribution < -0.4 is 10.1 Å². The lowest BCUT2D eigenvalue weighted by molar-refractivity contribution is 0.0505. The molecule has 0 radical (unpaired) electrons. The van der Waals surface area contributed by atoms with Gasteiger partial charge < -0.3 is 14.8 Å². The summed E-state index contributed by atoms with van der Waals surface area (Å²) in [5, 5.41) is 10.5. The molecule has 0 spiro atoms. The zero-order valence-corrected chi connectivity index (χ0v) is 18.4. The van der Waals surface area contributed by atoms with E-state index in [1.54, 1.807) is 13.2 Å². The number of aromatic amines is 1. The maximum absolute atomic E-state index is 12.9. The highest BCUT2D eigenvalue weighted by Crippen LogP contribution is 2.39. The molecule has 0 atom stereocenters. The molecule has 2 aromatic heterocycles. The van der Waals surface area contributed by atoms with E-state index in [1.807, 2.05) is 31.2 Å². The molecule has 0 saturated heterocycles. The van der Waals surface area contributed by atoms with Crippen LogP contribution in [0.5, 0.6) is 5.75 Å². The van der Waals surface area contributed by atoms with Gasteiger partial charge >= 0.3 is 5.97 Å². The van der Waals surface area contributed by atoms with Crippen LogP contribution >= 0.6 is 11.3 Å². The van der Waals surface area contributed by atoms with Gasteiger partial charge in [0.15, 0.2) is 0 Å². The van der Waals surface area contributed by atoms with E-state index in [0.29, 0.717) is 34.3 Å². The minimum absolute atomic E-state index is 0.317. The minimum atomic E-state index is -0.363. The molecular weight excluding hydrogens is 414 g/mol. The second-order valence-electron chi connectivity index (χ2n) is 7.40. The molecule has 162 valence electrons. The topological polar surface area (TPSA) is 93.3 Å². The van der Waals surface area contributed by atoms with Crippen LogP contribution in [-0.2, 0) is 17.6 Å². The summed E-state index contributed by atoms with van der Waals surface area (Å²) >= 11 is 1.47. The number of rotatable bonds is 7. The number of H-pyrrole nitrogens is 1. The molecule has 4 rings (SSSR count). The standard InChI is InChI=1S/C23H25N3O4S/c1-3-11-30-23(28)20-16-9-4-5-10-19(16)31-22(20)24-21(27)18-13-17(25-26-18)14-7-6-8-15(12-14)29-2/h6-8,12-13H,3-5,9-11H2,1-2H3,(H,24,27)(H,25,26). The molecule has 2 N–H and O–H groups in total. The van der Waals surface area contributed by atoms with Gasteiger partial charge in [-0.2, -0.15) is 5.10 Å². The quantitative estimate of drug-likeness (QED) is 0.514. The van der Waals surface area contributed by atoms with Gasteiger partial charge in [0.1, 0.15) is 16.4 Å². The fourth-order valence-electron chi connectivity index (χ4n) is 3.68. The molecule has 1 aliphatic carbocycles. The highest BCUT2D eigenvalue weighted by atomic mass is 32.1. The van der Waals surface area contributed by atoms with Crippen LogP contribution in [0.1, 0.15) is 57.5 Å². The Labute approximate surface area is 184 Å². The molecule has 0 unspecified atom stereocenters. The first-order chi connectivity index (χ1) is 15.1. The fourth-order valence-corrected chi connectivity index (χ4v) is 4.95. The van der Waals surface area contributed by atoms with Gasteiger partial charge in [-0.1, -0.05) is 19.1 Å². The number of methoxy groups -OCH3 is 1. The van der Waals surface area contributed by atoms with Crippen molar-refractivity contribution in [3.05, 3.63) is 52.0 Å². The highest BCUT2D eigenvalue weighted by molar-refractivity contribution is 7.17. The Morgan fingerprint density at radius 1 is 1.23 bits per heavy atom. The normalized spacial score (nSPS) is 12.8. The predicted molar refractivity (Wildman–Crippen MR) is 120 cm³/mol. The SMILES string of the molecule is CCCOC(=O)c1c(NC(=O)c2cc(-c3cccc(OC)c3)n[nH]2)sc2c1CCCC2. The van der Waals surface area contributed by atoms with Crippen molar-refractivity contribution in [2.45, 2.75) is 39.0 Å². The van der Waals surface area contributed by atoms with Crippen LogP contribution in [0.25, 0.3) is 11.3 Å². The smallest absolute Gasteiger partial charge is 0.341 e. The number of ether oxygens (including phenoxy) is 2. The molecule has 1 amide bonds. The van der Waals surface area contributed by atoms with Crippen molar-refractivity contribution in [2.24, 2.45) is 0 Å². The lowest BCUT2D eigenvalue weighted by Crippen LogP contribution is -2.16. The number of aryl methyl sites for hydroxylation is 1.